The predicted molar refractivity (Wildman–Crippen MR) is 80.9 cm³/mol. The van der Waals surface area contributed by atoms with E-state index in [9.17, 15) is 4.79 Å². The van der Waals surface area contributed by atoms with E-state index < -0.39 is 0 Å². The summed E-state index contributed by atoms with van der Waals surface area (Å²) in [6, 6.07) is 7.22. The van der Waals surface area contributed by atoms with Gasteiger partial charge in [0.1, 0.15) is 0 Å². The van der Waals surface area contributed by atoms with Gasteiger partial charge in [0.25, 0.3) is 5.91 Å². The maximum absolute atomic E-state index is 12.3. The van der Waals surface area contributed by atoms with E-state index in [4.69, 9.17) is 5.73 Å². The van der Waals surface area contributed by atoms with Crippen LogP contribution in [0.5, 0.6) is 0 Å². The molecule has 5 heteroatoms. The van der Waals surface area contributed by atoms with E-state index in [2.05, 4.69) is 31.9 Å². The highest BCUT2D eigenvalue weighted by atomic mass is 79.9. The van der Waals surface area contributed by atoms with Gasteiger partial charge in [-0.2, -0.15) is 0 Å². The number of nitrogens with zero attached hydrogens (tertiary/aromatic N) is 1. The minimum atomic E-state index is 0.0258. The molecule has 96 valence electrons. The Morgan fingerprint density at radius 1 is 1.17 bits per heavy atom. The van der Waals surface area contributed by atoms with Crippen LogP contribution in [-0.2, 0) is 0 Å². The summed E-state index contributed by atoms with van der Waals surface area (Å²) in [5.41, 5.74) is 8.30. The van der Waals surface area contributed by atoms with E-state index in [-0.39, 0.29) is 5.91 Å². The lowest BCUT2D eigenvalue weighted by Gasteiger charge is -2.29. The summed E-state index contributed by atoms with van der Waals surface area (Å²) in [6.45, 7) is 1.48. The molecule has 1 aromatic carbocycles. The minimum Gasteiger partial charge on any atom is -0.398 e. The molecule has 0 atom stereocenters. The van der Waals surface area contributed by atoms with Crippen LogP contribution in [-0.4, -0.2) is 23.9 Å². The molecular weight excluding hydrogens is 360 g/mol. The lowest BCUT2D eigenvalue weighted by Crippen LogP contribution is -2.36. The Kier molecular flexibility index (Phi) is 4.45. The monoisotopic (exact) mass is 372 g/mol. The quantitative estimate of drug-likeness (QED) is 0.765. The summed E-state index contributed by atoms with van der Waals surface area (Å²) in [6.07, 6.45) is 1.79. The molecule has 1 aliphatic rings. The third-order valence-electron chi connectivity index (χ3n) is 3.11. The van der Waals surface area contributed by atoms with Crippen LogP contribution in [0.15, 0.2) is 33.2 Å². The van der Waals surface area contributed by atoms with Gasteiger partial charge in [-0.15, -0.1) is 0 Å². The molecule has 0 bridgehead atoms. The fourth-order valence-corrected chi connectivity index (χ4v) is 2.82. The molecule has 0 radical (unpaired) electrons. The zero-order valence-corrected chi connectivity index (χ0v) is 13.0. The number of likely N-dealkylation sites (tertiary alicyclic amines) is 1. The normalized spacial score (nSPS) is 15.7. The van der Waals surface area contributed by atoms with Crippen LogP contribution in [0.2, 0.25) is 0 Å². The average molecular weight is 374 g/mol. The summed E-state index contributed by atoms with van der Waals surface area (Å²) >= 11 is 6.84. The van der Waals surface area contributed by atoms with Gasteiger partial charge >= 0.3 is 0 Å². The van der Waals surface area contributed by atoms with E-state index >= 15 is 0 Å². The number of anilines is 1. The summed E-state index contributed by atoms with van der Waals surface area (Å²) in [5, 5.41) is 0. The molecule has 2 rings (SSSR count). The van der Waals surface area contributed by atoms with Crippen molar-refractivity contribution in [1.82, 2.24) is 4.90 Å². The number of hydrogen-bond acceptors (Lipinski definition) is 2. The van der Waals surface area contributed by atoms with Crippen LogP contribution < -0.4 is 5.73 Å². The van der Waals surface area contributed by atoms with Gasteiger partial charge in [0.2, 0.25) is 0 Å². The fourth-order valence-electron chi connectivity index (χ4n) is 2.03. The Bertz CT molecular complexity index is 486. The fraction of sp³-hybridized carbons (Fsp3) is 0.308. The lowest BCUT2D eigenvalue weighted by atomic mass is 10.0. The van der Waals surface area contributed by atoms with Crippen molar-refractivity contribution >= 4 is 43.5 Å². The number of para-hydroxylation sites is 1. The Balaban J connectivity index is 2.09. The highest BCUT2D eigenvalue weighted by Crippen LogP contribution is 2.28. The van der Waals surface area contributed by atoms with Gasteiger partial charge in [0.15, 0.2) is 0 Å². The summed E-state index contributed by atoms with van der Waals surface area (Å²) < 4.78 is 1.02. The summed E-state index contributed by atoms with van der Waals surface area (Å²) in [4.78, 5) is 14.2. The number of carbonyl (C=O) groups excluding carboxylic acids is 1. The summed E-state index contributed by atoms with van der Waals surface area (Å²) in [7, 11) is 0. The molecule has 1 saturated heterocycles. The highest BCUT2D eigenvalue weighted by molar-refractivity contribution is 9.28. The second-order valence-electron chi connectivity index (χ2n) is 4.24. The van der Waals surface area contributed by atoms with Crippen LogP contribution in [0, 0.1) is 0 Å². The molecule has 3 nitrogen and oxygen atoms in total. The van der Waals surface area contributed by atoms with Crippen molar-refractivity contribution in [2.45, 2.75) is 12.8 Å². The lowest BCUT2D eigenvalue weighted by molar-refractivity contribution is 0.0744. The first-order chi connectivity index (χ1) is 8.59. The van der Waals surface area contributed by atoms with Gasteiger partial charge in [-0.3, -0.25) is 4.79 Å². The molecule has 1 heterocycles. The van der Waals surface area contributed by atoms with E-state index in [0.29, 0.717) is 11.3 Å². The molecule has 0 unspecified atom stereocenters. The van der Waals surface area contributed by atoms with Crippen molar-refractivity contribution in [3.8, 4) is 0 Å². The Hall–Kier alpha value is -0.810. The molecular formula is C13H14Br2N2O. The zero-order chi connectivity index (χ0) is 13.1. The van der Waals surface area contributed by atoms with Crippen molar-refractivity contribution in [3.05, 3.63) is 38.8 Å². The number of piperidine rings is 1. The number of carbonyl (C=O) groups is 1. The first kappa shape index (κ1) is 13.6. The van der Waals surface area contributed by atoms with Gasteiger partial charge < -0.3 is 10.6 Å². The van der Waals surface area contributed by atoms with E-state index in [1.54, 1.807) is 12.1 Å². The number of benzene rings is 1. The van der Waals surface area contributed by atoms with Crippen molar-refractivity contribution in [3.63, 3.8) is 0 Å². The molecule has 0 spiro atoms. The van der Waals surface area contributed by atoms with E-state index in [0.717, 1.165) is 29.3 Å². The van der Waals surface area contributed by atoms with Crippen LogP contribution in [0.25, 0.3) is 0 Å². The minimum absolute atomic E-state index is 0.0258. The average Bonchev–Trinajstić information content (AvgIpc) is 2.38. The van der Waals surface area contributed by atoms with Crippen molar-refractivity contribution in [2.75, 3.05) is 18.8 Å². The second kappa shape index (κ2) is 5.89. The number of amides is 1. The Morgan fingerprint density at radius 3 is 2.33 bits per heavy atom. The molecule has 18 heavy (non-hydrogen) atoms. The van der Waals surface area contributed by atoms with Gasteiger partial charge in [-0.25, -0.2) is 0 Å². The third kappa shape index (κ3) is 2.95. The topological polar surface area (TPSA) is 46.3 Å². The van der Waals surface area contributed by atoms with Crippen LogP contribution >= 0.6 is 31.9 Å². The maximum atomic E-state index is 12.3. The van der Waals surface area contributed by atoms with Crippen LogP contribution in [0.1, 0.15) is 23.2 Å². The molecule has 0 saturated carbocycles. The van der Waals surface area contributed by atoms with Gasteiger partial charge in [-0.1, -0.05) is 12.1 Å². The SMILES string of the molecule is Nc1ccccc1C(=O)N1CCC(=C(Br)Br)CC1. The van der Waals surface area contributed by atoms with Crippen molar-refractivity contribution in [1.29, 1.82) is 0 Å². The van der Waals surface area contributed by atoms with Crippen molar-refractivity contribution in [2.24, 2.45) is 0 Å². The number of halogens is 2. The third-order valence-corrected chi connectivity index (χ3v) is 4.23. The molecule has 0 aliphatic carbocycles. The van der Waals surface area contributed by atoms with Crippen LogP contribution in [0.3, 0.4) is 0 Å². The molecule has 1 fully saturated rings. The van der Waals surface area contributed by atoms with Crippen molar-refractivity contribution < 1.29 is 4.79 Å². The number of nitrogen functional groups attached to an aromatic ring is 1. The highest BCUT2D eigenvalue weighted by Gasteiger charge is 2.22. The number of nitrogens with two attached hydrogens (primary N) is 1. The predicted octanol–water partition coefficient (Wildman–Crippen LogP) is 3.51. The molecule has 1 aromatic rings. The van der Waals surface area contributed by atoms with Gasteiger partial charge in [-0.05, 0) is 62.4 Å². The molecule has 2 N–H and O–H groups in total. The Morgan fingerprint density at radius 2 is 1.78 bits per heavy atom. The first-order valence-electron chi connectivity index (χ1n) is 5.76. The first-order valence-corrected chi connectivity index (χ1v) is 7.35. The largest absolute Gasteiger partial charge is 0.398 e. The maximum Gasteiger partial charge on any atom is 0.255 e. The smallest absolute Gasteiger partial charge is 0.255 e. The molecule has 1 amide bonds. The Labute approximate surface area is 123 Å². The second-order valence-corrected chi connectivity index (χ2v) is 6.89. The van der Waals surface area contributed by atoms with Gasteiger partial charge in [0.05, 0.1) is 8.96 Å². The van der Waals surface area contributed by atoms with E-state index in [1.165, 1.54) is 5.57 Å². The zero-order valence-electron chi connectivity index (χ0n) is 9.83. The molecule has 0 aromatic heterocycles. The molecule has 1 aliphatic heterocycles. The van der Waals surface area contributed by atoms with Gasteiger partial charge in [0, 0.05) is 18.8 Å². The summed E-state index contributed by atoms with van der Waals surface area (Å²) in [5.74, 6) is 0.0258. The standard InChI is InChI=1S/C13H14Br2N2O/c14-12(15)9-5-7-17(8-6-9)13(18)10-3-1-2-4-11(10)16/h1-4H,5-8,16H2. The van der Waals surface area contributed by atoms with Crippen LogP contribution in [0.4, 0.5) is 5.69 Å². The van der Waals surface area contributed by atoms with E-state index in [1.807, 2.05) is 17.0 Å². The number of rotatable bonds is 1. The number of hydrogen-bond donors (Lipinski definition) is 1.